The summed E-state index contributed by atoms with van der Waals surface area (Å²) in [6, 6.07) is 3.04. The molecule has 1 saturated heterocycles. The highest BCUT2D eigenvalue weighted by atomic mass is 19.1. The van der Waals surface area contributed by atoms with Crippen LogP contribution < -0.4 is 0 Å². The summed E-state index contributed by atoms with van der Waals surface area (Å²) < 4.78 is 32.1. The molecule has 1 unspecified atom stereocenters. The molecule has 1 aliphatic heterocycles. The van der Waals surface area contributed by atoms with Gasteiger partial charge in [0.1, 0.15) is 11.6 Å². The molecule has 1 amide bonds. The number of benzene rings is 1. The number of aliphatic hydroxyl groups excluding tert-OH is 1. The van der Waals surface area contributed by atoms with Crippen molar-refractivity contribution in [1.82, 2.24) is 4.90 Å². The first kappa shape index (κ1) is 13.9. The predicted molar refractivity (Wildman–Crippen MR) is 63.5 cm³/mol. The summed E-state index contributed by atoms with van der Waals surface area (Å²) in [5.41, 5.74) is -0.240. The largest absolute Gasteiger partial charge is 0.394 e. The lowest BCUT2D eigenvalue weighted by Gasteiger charge is -2.34. The van der Waals surface area contributed by atoms with Crippen LogP contribution in [0.3, 0.4) is 0 Å². The molecule has 1 fully saturated rings. The zero-order valence-electron chi connectivity index (χ0n) is 10.3. The molecule has 2 rings (SSSR count). The monoisotopic (exact) mass is 271 g/mol. The van der Waals surface area contributed by atoms with E-state index < -0.39 is 23.6 Å². The van der Waals surface area contributed by atoms with E-state index in [0.29, 0.717) is 13.2 Å². The molecule has 1 atom stereocenters. The lowest BCUT2D eigenvalue weighted by molar-refractivity contribution is -0.140. The first-order valence-corrected chi connectivity index (χ1v) is 6.04. The van der Waals surface area contributed by atoms with Crippen LogP contribution in [0.4, 0.5) is 8.78 Å². The minimum atomic E-state index is -0.734. The number of nitrogens with zero attached hydrogens (tertiary/aromatic N) is 1. The number of morpholine rings is 1. The second kappa shape index (κ2) is 6.08. The van der Waals surface area contributed by atoms with E-state index in [-0.39, 0.29) is 25.2 Å². The standard InChI is InChI=1S/C13H15F2NO3/c14-11-2-1-3-12(15)10(11)6-13(18)16-4-5-19-8-9(16)7-17/h1-3,9,17H,4-8H2. The Morgan fingerprint density at radius 2 is 2.11 bits per heavy atom. The van der Waals surface area contributed by atoms with Gasteiger partial charge in [-0.3, -0.25) is 4.79 Å². The van der Waals surface area contributed by atoms with E-state index in [1.165, 1.54) is 11.0 Å². The Morgan fingerprint density at radius 3 is 2.74 bits per heavy atom. The number of hydrogen-bond donors (Lipinski definition) is 1. The minimum absolute atomic E-state index is 0.231. The van der Waals surface area contributed by atoms with Crippen LogP contribution in [-0.4, -0.2) is 48.3 Å². The third kappa shape index (κ3) is 3.08. The molecule has 1 aromatic carbocycles. The molecule has 0 radical (unpaired) electrons. The molecule has 0 aromatic heterocycles. The van der Waals surface area contributed by atoms with Gasteiger partial charge >= 0.3 is 0 Å². The third-order valence-electron chi connectivity index (χ3n) is 3.15. The van der Waals surface area contributed by atoms with Crippen molar-refractivity contribution in [2.24, 2.45) is 0 Å². The summed E-state index contributed by atoms with van der Waals surface area (Å²) in [6.07, 6.45) is -0.352. The molecule has 104 valence electrons. The third-order valence-corrected chi connectivity index (χ3v) is 3.15. The van der Waals surface area contributed by atoms with Crippen molar-refractivity contribution in [1.29, 1.82) is 0 Å². The summed E-state index contributed by atoms with van der Waals surface area (Å²) in [7, 11) is 0. The van der Waals surface area contributed by atoms with Crippen LogP contribution in [0.15, 0.2) is 18.2 Å². The molecule has 1 aromatic rings. The van der Waals surface area contributed by atoms with Gasteiger partial charge in [-0.1, -0.05) is 6.07 Å². The fourth-order valence-corrected chi connectivity index (χ4v) is 2.09. The molecule has 19 heavy (non-hydrogen) atoms. The van der Waals surface area contributed by atoms with Crippen molar-refractivity contribution in [2.75, 3.05) is 26.4 Å². The molecule has 0 saturated carbocycles. The molecular weight excluding hydrogens is 256 g/mol. The molecule has 1 aliphatic rings. The Labute approximate surface area is 109 Å². The Morgan fingerprint density at radius 1 is 1.42 bits per heavy atom. The number of aliphatic hydroxyl groups is 1. The fraction of sp³-hybridized carbons (Fsp3) is 0.462. The maximum atomic E-state index is 13.5. The van der Waals surface area contributed by atoms with Crippen LogP contribution in [0, 0.1) is 11.6 Å². The van der Waals surface area contributed by atoms with E-state index in [9.17, 15) is 13.6 Å². The van der Waals surface area contributed by atoms with E-state index in [1.807, 2.05) is 0 Å². The topological polar surface area (TPSA) is 49.8 Å². The number of ether oxygens (including phenoxy) is 1. The molecule has 1 heterocycles. The smallest absolute Gasteiger partial charge is 0.227 e. The van der Waals surface area contributed by atoms with Gasteiger partial charge in [-0.2, -0.15) is 0 Å². The van der Waals surface area contributed by atoms with Gasteiger partial charge in [-0.25, -0.2) is 8.78 Å². The van der Waals surface area contributed by atoms with Crippen molar-refractivity contribution >= 4 is 5.91 Å². The van der Waals surface area contributed by atoms with Crippen molar-refractivity contribution in [3.05, 3.63) is 35.4 Å². The van der Waals surface area contributed by atoms with Crippen molar-refractivity contribution in [3.8, 4) is 0 Å². The Kier molecular flexibility index (Phi) is 4.44. The SMILES string of the molecule is O=C(Cc1c(F)cccc1F)N1CCOCC1CO. The molecular formula is C13H15F2NO3. The maximum Gasteiger partial charge on any atom is 0.227 e. The number of hydrogen-bond acceptors (Lipinski definition) is 3. The average Bonchev–Trinajstić information content (AvgIpc) is 2.42. The highest BCUT2D eigenvalue weighted by molar-refractivity contribution is 5.79. The van der Waals surface area contributed by atoms with Gasteiger partial charge in [-0.05, 0) is 12.1 Å². The Bertz CT molecular complexity index is 447. The van der Waals surface area contributed by atoms with Gasteiger partial charge in [-0.15, -0.1) is 0 Å². The second-order valence-electron chi connectivity index (χ2n) is 4.38. The summed E-state index contributed by atoms with van der Waals surface area (Å²) in [5.74, 6) is -1.88. The molecule has 1 N–H and O–H groups in total. The predicted octanol–water partition coefficient (Wildman–Crippen LogP) is 0.727. The molecule has 6 heteroatoms. The molecule has 0 aliphatic carbocycles. The zero-order chi connectivity index (χ0) is 13.8. The van der Waals surface area contributed by atoms with Crippen LogP contribution in [0.1, 0.15) is 5.56 Å². The normalized spacial score (nSPS) is 19.5. The first-order chi connectivity index (χ1) is 9.13. The van der Waals surface area contributed by atoms with Crippen molar-refractivity contribution in [2.45, 2.75) is 12.5 Å². The van der Waals surface area contributed by atoms with E-state index in [2.05, 4.69) is 0 Å². The highest BCUT2D eigenvalue weighted by Gasteiger charge is 2.27. The van der Waals surface area contributed by atoms with Gasteiger partial charge in [0.2, 0.25) is 5.91 Å². The van der Waals surface area contributed by atoms with Gasteiger partial charge < -0.3 is 14.7 Å². The average molecular weight is 271 g/mol. The minimum Gasteiger partial charge on any atom is -0.394 e. The number of rotatable bonds is 3. The van der Waals surface area contributed by atoms with Crippen LogP contribution in [0.5, 0.6) is 0 Å². The first-order valence-electron chi connectivity index (χ1n) is 6.04. The van der Waals surface area contributed by atoms with Crippen LogP contribution in [0.2, 0.25) is 0 Å². The fourth-order valence-electron chi connectivity index (χ4n) is 2.09. The number of carbonyl (C=O) groups excluding carboxylic acids is 1. The van der Waals surface area contributed by atoms with E-state index in [4.69, 9.17) is 9.84 Å². The summed E-state index contributed by atoms with van der Waals surface area (Å²) >= 11 is 0. The molecule has 0 spiro atoms. The lowest BCUT2D eigenvalue weighted by atomic mass is 10.1. The van der Waals surface area contributed by atoms with Gasteiger partial charge in [0.05, 0.1) is 32.3 Å². The lowest BCUT2D eigenvalue weighted by Crippen LogP contribution is -2.51. The van der Waals surface area contributed by atoms with Crippen LogP contribution >= 0.6 is 0 Å². The van der Waals surface area contributed by atoms with E-state index in [1.54, 1.807) is 0 Å². The summed E-state index contributed by atoms with van der Waals surface area (Å²) in [5, 5.41) is 9.16. The molecule has 0 bridgehead atoms. The number of halogens is 2. The van der Waals surface area contributed by atoms with Crippen molar-refractivity contribution in [3.63, 3.8) is 0 Å². The molecule has 4 nitrogen and oxygen atoms in total. The number of amides is 1. The van der Waals surface area contributed by atoms with Crippen molar-refractivity contribution < 1.29 is 23.4 Å². The van der Waals surface area contributed by atoms with E-state index in [0.717, 1.165) is 12.1 Å². The maximum absolute atomic E-state index is 13.5. The van der Waals surface area contributed by atoms with Crippen LogP contribution in [0.25, 0.3) is 0 Å². The summed E-state index contributed by atoms with van der Waals surface area (Å²) in [4.78, 5) is 13.5. The quantitative estimate of drug-likeness (QED) is 0.881. The zero-order valence-corrected chi connectivity index (χ0v) is 10.3. The van der Waals surface area contributed by atoms with Gasteiger partial charge in [0, 0.05) is 12.1 Å². The van der Waals surface area contributed by atoms with Gasteiger partial charge in [0.15, 0.2) is 0 Å². The Balaban J connectivity index is 2.12. The van der Waals surface area contributed by atoms with E-state index >= 15 is 0 Å². The van der Waals surface area contributed by atoms with Crippen LogP contribution in [-0.2, 0) is 16.0 Å². The summed E-state index contributed by atoms with van der Waals surface area (Å²) in [6.45, 7) is 0.690. The van der Waals surface area contributed by atoms with Gasteiger partial charge in [0.25, 0.3) is 0 Å². The number of carbonyl (C=O) groups is 1. The Hall–Kier alpha value is -1.53. The highest BCUT2D eigenvalue weighted by Crippen LogP contribution is 2.15. The second-order valence-corrected chi connectivity index (χ2v) is 4.38.